The molecule has 0 saturated heterocycles. The standard InChI is InChI=1S/C8H7O2S/c1-10-7-5-3-2-4-6(7)8(9)11/h2-5H,1H3. The van der Waals surface area contributed by atoms with Crippen LogP contribution in [0.4, 0.5) is 0 Å². The second-order valence-electron chi connectivity index (χ2n) is 1.99. The summed E-state index contributed by atoms with van der Waals surface area (Å²) in [5.41, 5.74) is 0.449. The summed E-state index contributed by atoms with van der Waals surface area (Å²) in [5.74, 6) is 0.535. The Bertz CT molecular complexity index is 271. The van der Waals surface area contributed by atoms with Gasteiger partial charge in [-0.05, 0) is 24.8 Å². The van der Waals surface area contributed by atoms with Gasteiger partial charge in [-0.3, -0.25) is 4.79 Å². The zero-order valence-electron chi connectivity index (χ0n) is 6.03. The average molecular weight is 167 g/mol. The lowest BCUT2D eigenvalue weighted by molar-refractivity contribution is 0.108. The number of carbonyl (C=O) groups excluding carboxylic acids is 1. The molecule has 0 unspecified atom stereocenters. The summed E-state index contributed by atoms with van der Waals surface area (Å²) in [6, 6.07) is 6.90. The van der Waals surface area contributed by atoms with Gasteiger partial charge in [0.1, 0.15) is 5.75 Å². The van der Waals surface area contributed by atoms with Gasteiger partial charge < -0.3 is 4.74 Å². The molecule has 0 atom stereocenters. The van der Waals surface area contributed by atoms with Gasteiger partial charge >= 0.3 is 0 Å². The van der Waals surface area contributed by atoms with E-state index in [0.29, 0.717) is 11.3 Å². The highest BCUT2D eigenvalue weighted by molar-refractivity contribution is 7.97. The number of para-hydroxylation sites is 1. The zero-order valence-corrected chi connectivity index (χ0v) is 6.85. The number of ether oxygens (including phenoxy) is 1. The third-order valence-electron chi connectivity index (χ3n) is 1.33. The molecule has 0 aliphatic heterocycles. The van der Waals surface area contributed by atoms with Crippen molar-refractivity contribution < 1.29 is 9.53 Å². The van der Waals surface area contributed by atoms with Crippen LogP contribution in [0.5, 0.6) is 5.75 Å². The molecule has 1 aromatic carbocycles. The van der Waals surface area contributed by atoms with Crippen LogP contribution in [-0.4, -0.2) is 12.2 Å². The molecule has 3 heteroatoms. The first kappa shape index (κ1) is 8.01. The summed E-state index contributed by atoms with van der Waals surface area (Å²) in [6.07, 6.45) is 0. The van der Waals surface area contributed by atoms with Crippen molar-refractivity contribution >= 4 is 17.7 Å². The van der Waals surface area contributed by atoms with E-state index in [4.69, 9.17) is 4.74 Å². The minimum Gasteiger partial charge on any atom is -0.496 e. The Morgan fingerprint density at radius 2 is 2.09 bits per heavy atom. The summed E-state index contributed by atoms with van der Waals surface area (Å²) in [7, 11) is 1.51. The van der Waals surface area contributed by atoms with Gasteiger partial charge in [-0.25, -0.2) is 0 Å². The molecular formula is C8H7O2S. The molecule has 0 aromatic heterocycles. The minimum absolute atomic E-state index is 0.387. The van der Waals surface area contributed by atoms with Gasteiger partial charge in [0.05, 0.1) is 12.7 Å². The van der Waals surface area contributed by atoms with Crippen LogP contribution >= 0.6 is 12.6 Å². The maximum atomic E-state index is 10.8. The average Bonchev–Trinajstić information content (AvgIpc) is 2.04. The van der Waals surface area contributed by atoms with Crippen molar-refractivity contribution in [2.45, 2.75) is 0 Å². The Kier molecular flexibility index (Phi) is 2.44. The van der Waals surface area contributed by atoms with E-state index in [1.165, 1.54) is 7.11 Å². The minimum atomic E-state index is -0.387. The van der Waals surface area contributed by atoms with Crippen LogP contribution in [0.3, 0.4) is 0 Å². The summed E-state index contributed by atoms with van der Waals surface area (Å²) in [4.78, 5) is 10.8. The number of rotatable bonds is 2. The maximum absolute atomic E-state index is 10.8. The lowest BCUT2D eigenvalue weighted by Gasteiger charge is -2.01. The van der Waals surface area contributed by atoms with Crippen molar-refractivity contribution in [3.8, 4) is 5.75 Å². The predicted molar refractivity (Wildman–Crippen MR) is 44.9 cm³/mol. The fraction of sp³-hybridized carbons (Fsp3) is 0.125. The topological polar surface area (TPSA) is 26.3 Å². The Labute approximate surface area is 70.6 Å². The SMILES string of the molecule is COc1ccccc1C(=O)[S]. The van der Waals surface area contributed by atoms with E-state index in [1.54, 1.807) is 24.3 Å². The molecule has 2 nitrogen and oxygen atoms in total. The quantitative estimate of drug-likeness (QED) is 0.673. The number of hydrogen-bond acceptors (Lipinski definition) is 2. The monoisotopic (exact) mass is 167 g/mol. The van der Waals surface area contributed by atoms with Crippen LogP contribution in [0.2, 0.25) is 0 Å². The van der Waals surface area contributed by atoms with E-state index >= 15 is 0 Å². The number of hydrogen-bond donors (Lipinski definition) is 0. The third kappa shape index (κ3) is 1.68. The van der Waals surface area contributed by atoms with Gasteiger partial charge in [-0.2, -0.15) is 0 Å². The van der Waals surface area contributed by atoms with E-state index < -0.39 is 0 Å². The molecule has 0 N–H and O–H groups in total. The van der Waals surface area contributed by atoms with Crippen LogP contribution in [0.25, 0.3) is 0 Å². The van der Waals surface area contributed by atoms with Gasteiger partial charge in [-0.15, -0.1) is 0 Å². The Hall–Kier alpha value is -1.09. The summed E-state index contributed by atoms with van der Waals surface area (Å²) in [5, 5.41) is -0.387. The van der Waals surface area contributed by atoms with E-state index in [1.807, 2.05) is 0 Å². The highest BCUT2D eigenvalue weighted by atomic mass is 32.1. The molecule has 0 saturated carbocycles. The molecule has 1 radical (unpaired) electrons. The van der Waals surface area contributed by atoms with Crippen molar-refractivity contribution in [1.29, 1.82) is 0 Å². The van der Waals surface area contributed by atoms with Gasteiger partial charge in [0.25, 0.3) is 5.12 Å². The number of carbonyl (C=O) groups is 1. The molecule has 0 fully saturated rings. The van der Waals surface area contributed by atoms with Crippen molar-refractivity contribution in [3.63, 3.8) is 0 Å². The first-order valence-corrected chi connectivity index (χ1v) is 3.51. The number of methoxy groups -OCH3 is 1. The fourth-order valence-electron chi connectivity index (χ4n) is 0.813. The summed E-state index contributed by atoms with van der Waals surface area (Å²) >= 11 is 4.48. The van der Waals surface area contributed by atoms with E-state index in [9.17, 15) is 4.79 Å². The molecular weight excluding hydrogens is 160 g/mol. The molecule has 0 bridgehead atoms. The Morgan fingerprint density at radius 3 is 2.55 bits per heavy atom. The van der Waals surface area contributed by atoms with Gasteiger partial charge in [-0.1, -0.05) is 12.1 Å². The fourth-order valence-corrected chi connectivity index (χ4v) is 0.982. The van der Waals surface area contributed by atoms with Gasteiger partial charge in [0.2, 0.25) is 0 Å². The van der Waals surface area contributed by atoms with E-state index in [-0.39, 0.29) is 5.12 Å². The smallest absolute Gasteiger partial charge is 0.253 e. The largest absolute Gasteiger partial charge is 0.496 e. The van der Waals surface area contributed by atoms with E-state index in [2.05, 4.69) is 12.6 Å². The summed E-state index contributed by atoms with van der Waals surface area (Å²) < 4.78 is 4.92. The molecule has 1 rings (SSSR count). The number of benzene rings is 1. The van der Waals surface area contributed by atoms with Gasteiger partial charge in [0, 0.05) is 0 Å². The second kappa shape index (κ2) is 3.34. The molecule has 0 heterocycles. The Balaban J connectivity index is 3.12. The first-order valence-electron chi connectivity index (χ1n) is 3.10. The molecule has 57 valence electrons. The molecule has 0 amide bonds. The third-order valence-corrected chi connectivity index (χ3v) is 1.55. The predicted octanol–water partition coefficient (Wildman–Crippen LogP) is 2.03. The molecule has 0 spiro atoms. The van der Waals surface area contributed by atoms with Crippen LogP contribution in [0.1, 0.15) is 10.4 Å². The van der Waals surface area contributed by atoms with Gasteiger partial charge in [0.15, 0.2) is 0 Å². The first-order chi connectivity index (χ1) is 5.25. The highest BCUT2D eigenvalue weighted by Gasteiger charge is 2.06. The molecule has 0 aliphatic carbocycles. The lowest BCUT2D eigenvalue weighted by atomic mass is 10.2. The van der Waals surface area contributed by atoms with Crippen molar-refractivity contribution in [3.05, 3.63) is 29.8 Å². The molecule has 1 aromatic rings. The van der Waals surface area contributed by atoms with Crippen LogP contribution in [0, 0.1) is 0 Å². The van der Waals surface area contributed by atoms with E-state index in [0.717, 1.165) is 0 Å². The van der Waals surface area contributed by atoms with Crippen LogP contribution in [-0.2, 0) is 0 Å². The molecule has 11 heavy (non-hydrogen) atoms. The zero-order chi connectivity index (χ0) is 8.27. The Morgan fingerprint density at radius 1 is 1.45 bits per heavy atom. The maximum Gasteiger partial charge on any atom is 0.253 e. The molecule has 0 aliphatic rings. The lowest BCUT2D eigenvalue weighted by Crippen LogP contribution is -1.93. The summed E-state index contributed by atoms with van der Waals surface area (Å²) in [6.45, 7) is 0. The van der Waals surface area contributed by atoms with Crippen molar-refractivity contribution in [2.75, 3.05) is 7.11 Å². The van der Waals surface area contributed by atoms with Crippen molar-refractivity contribution in [1.82, 2.24) is 0 Å². The second-order valence-corrected chi connectivity index (χ2v) is 2.36. The van der Waals surface area contributed by atoms with Crippen LogP contribution < -0.4 is 4.74 Å². The highest BCUT2D eigenvalue weighted by Crippen LogP contribution is 2.18. The normalized spacial score (nSPS) is 9.18. The van der Waals surface area contributed by atoms with Crippen LogP contribution in [0.15, 0.2) is 24.3 Å². The van der Waals surface area contributed by atoms with Crippen molar-refractivity contribution in [2.24, 2.45) is 0 Å².